The standard InChI is InChI=1S/C25H31F2N3O/c1-23-7-8-25(28)20(4-3-17-12-21(31)30-10-9-24(17,25)2)19(23)6-5-18(23)15-11-16(22(26)27)14-29-13-15/h5,11-14,19-20,22H,3-4,6-10,28H2,1-2H3,(H,30,31)/t19-,20-,23+,24-,25+/m0/s1. The van der Waals surface area contributed by atoms with Crippen molar-refractivity contribution in [3.8, 4) is 0 Å². The molecular formula is C25H31F2N3O. The minimum absolute atomic E-state index is 0.00217. The number of alkyl halides is 2. The first kappa shape index (κ1) is 20.8. The fraction of sp³-hybridized carbons (Fsp3) is 0.600. The molecule has 0 saturated heterocycles. The lowest BCUT2D eigenvalue weighted by molar-refractivity contribution is -0.116. The topological polar surface area (TPSA) is 68.0 Å². The highest BCUT2D eigenvalue weighted by molar-refractivity contribution is 5.89. The molecule has 0 spiro atoms. The van der Waals surface area contributed by atoms with Crippen molar-refractivity contribution in [3.63, 3.8) is 0 Å². The van der Waals surface area contributed by atoms with Crippen molar-refractivity contribution < 1.29 is 13.6 Å². The number of carbonyl (C=O) groups is 1. The Balaban J connectivity index is 1.50. The van der Waals surface area contributed by atoms with E-state index in [0.717, 1.165) is 49.7 Å². The first-order valence-electron chi connectivity index (χ1n) is 11.4. The second kappa shape index (κ2) is 6.96. The van der Waals surface area contributed by atoms with Gasteiger partial charge >= 0.3 is 0 Å². The van der Waals surface area contributed by atoms with Gasteiger partial charge in [-0.25, -0.2) is 8.78 Å². The molecule has 1 aromatic heterocycles. The van der Waals surface area contributed by atoms with Gasteiger partial charge in [-0.15, -0.1) is 0 Å². The summed E-state index contributed by atoms with van der Waals surface area (Å²) < 4.78 is 26.6. The van der Waals surface area contributed by atoms with E-state index in [9.17, 15) is 13.6 Å². The van der Waals surface area contributed by atoms with Gasteiger partial charge in [0.25, 0.3) is 6.43 Å². The Labute approximate surface area is 182 Å². The summed E-state index contributed by atoms with van der Waals surface area (Å²) in [5.41, 5.74) is 9.81. The molecule has 1 aliphatic heterocycles. The quantitative estimate of drug-likeness (QED) is 0.714. The number of nitrogens with one attached hydrogen (secondary N) is 1. The second-order valence-corrected chi connectivity index (χ2v) is 10.4. The van der Waals surface area contributed by atoms with E-state index in [2.05, 4.69) is 30.2 Å². The molecule has 1 amide bonds. The molecule has 31 heavy (non-hydrogen) atoms. The number of halogens is 2. The van der Waals surface area contributed by atoms with Crippen LogP contribution < -0.4 is 11.1 Å². The van der Waals surface area contributed by atoms with Crippen LogP contribution in [0.1, 0.15) is 69.9 Å². The molecule has 2 fully saturated rings. The van der Waals surface area contributed by atoms with Crippen molar-refractivity contribution in [2.24, 2.45) is 28.4 Å². The zero-order valence-corrected chi connectivity index (χ0v) is 18.3. The van der Waals surface area contributed by atoms with E-state index in [1.165, 1.54) is 11.8 Å². The van der Waals surface area contributed by atoms with Crippen LogP contribution in [0.5, 0.6) is 0 Å². The average Bonchev–Trinajstić information content (AvgIpc) is 3.00. The third-order valence-corrected chi connectivity index (χ3v) is 9.23. The second-order valence-electron chi connectivity index (χ2n) is 10.4. The van der Waals surface area contributed by atoms with E-state index in [4.69, 9.17) is 5.73 Å². The molecule has 2 heterocycles. The summed E-state index contributed by atoms with van der Waals surface area (Å²) in [6.07, 6.45) is 9.94. The van der Waals surface area contributed by atoms with Crippen molar-refractivity contribution in [1.29, 1.82) is 0 Å². The number of allylic oxidation sites excluding steroid dienone is 2. The summed E-state index contributed by atoms with van der Waals surface area (Å²) in [7, 11) is 0. The van der Waals surface area contributed by atoms with Crippen LogP contribution in [0.4, 0.5) is 8.78 Å². The van der Waals surface area contributed by atoms with E-state index in [0.29, 0.717) is 18.4 Å². The molecule has 3 aliphatic carbocycles. The van der Waals surface area contributed by atoms with Crippen molar-refractivity contribution in [3.05, 3.63) is 47.3 Å². The van der Waals surface area contributed by atoms with Gasteiger partial charge in [0.15, 0.2) is 0 Å². The summed E-state index contributed by atoms with van der Waals surface area (Å²) in [6.45, 7) is 5.20. The predicted molar refractivity (Wildman–Crippen MR) is 116 cm³/mol. The van der Waals surface area contributed by atoms with Crippen LogP contribution in [0.25, 0.3) is 5.57 Å². The van der Waals surface area contributed by atoms with Gasteiger partial charge < -0.3 is 11.1 Å². The van der Waals surface area contributed by atoms with Gasteiger partial charge in [-0.3, -0.25) is 9.78 Å². The maximum atomic E-state index is 13.3. The van der Waals surface area contributed by atoms with E-state index in [1.807, 2.05) is 0 Å². The number of hydrogen-bond acceptors (Lipinski definition) is 3. The van der Waals surface area contributed by atoms with Crippen LogP contribution in [0.3, 0.4) is 0 Å². The van der Waals surface area contributed by atoms with Gasteiger partial charge in [0, 0.05) is 41.5 Å². The van der Waals surface area contributed by atoms with E-state index in [1.54, 1.807) is 18.3 Å². The molecule has 1 aromatic rings. The lowest BCUT2D eigenvalue weighted by Crippen LogP contribution is -2.67. The first-order chi connectivity index (χ1) is 14.7. The molecule has 5 atom stereocenters. The van der Waals surface area contributed by atoms with Crippen LogP contribution in [-0.2, 0) is 4.79 Å². The smallest absolute Gasteiger partial charge is 0.265 e. The number of nitrogens with two attached hydrogens (primary N) is 1. The molecule has 0 bridgehead atoms. The minimum Gasteiger partial charge on any atom is -0.353 e. The molecule has 2 saturated carbocycles. The van der Waals surface area contributed by atoms with Crippen molar-refractivity contribution >= 4 is 11.5 Å². The lowest BCUT2D eigenvalue weighted by Gasteiger charge is -2.63. The van der Waals surface area contributed by atoms with Crippen LogP contribution in [0, 0.1) is 22.7 Å². The molecule has 4 nitrogen and oxygen atoms in total. The van der Waals surface area contributed by atoms with Gasteiger partial charge in [-0.05, 0) is 73.0 Å². The third kappa shape index (κ3) is 2.86. The Morgan fingerprint density at radius 1 is 1.19 bits per heavy atom. The highest BCUT2D eigenvalue weighted by Crippen LogP contribution is 2.66. The average molecular weight is 428 g/mol. The maximum Gasteiger partial charge on any atom is 0.265 e. The molecule has 6 heteroatoms. The number of fused-ring (bicyclic) bond motifs is 5. The molecule has 0 radical (unpaired) electrons. The molecule has 0 unspecified atom stereocenters. The summed E-state index contributed by atoms with van der Waals surface area (Å²) in [4.78, 5) is 16.3. The molecule has 0 aromatic carbocycles. The number of hydrogen-bond donors (Lipinski definition) is 2. The lowest BCUT2D eigenvalue weighted by atomic mass is 9.44. The Morgan fingerprint density at radius 2 is 2.00 bits per heavy atom. The first-order valence-corrected chi connectivity index (χ1v) is 11.4. The van der Waals surface area contributed by atoms with Crippen LogP contribution in [0.15, 0.2) is 36.2 Å². The molecule has 5 rings (SSSR count). The Kier molecular flexibility index (Phi) is 4.67. The SMILES string of the molecule is C[C@]12CCNC(=O)C=C1CC[C@H]1[C@@H]3CC=C(c4cncc(C(F)F)c4)[C@@]3(C)CC[C@@]12N. The molecular weight excluding hydrogens is 396 g/mol. The molecule has 3 N–H and O–H groups in total. The van der Waals surface area contributed by atoms with Crippen LogP contribution >= 0.6 is 0 Å². The van der Waals surface area contributed by atoms with E-state index < -0.39 is 6.43 Å². The monoisotopic (exact) mass is 427 g/mol. The maximum absolute atomic E-state index is 13.3. The minimum atomic E-state index is -2.52. The van der Waals surface area contributed by atoms with Crippen molar-refractivity contribution in [1.82, 2.24) is 10.3 Å². The predicted octanol–water partition coefficient (Wildman–Crippen LogP) is 4.78. The zero-order chi connectivity index (χ0) is 22.0. The molecule has 166 valence electrons. The highest BCUT2D eigenvalue weighted by atomic mass is 19.3. The van der Waals surface area contributed by atoms with Gasteiger partial charge in [0.2, 0.25) is 5.91 Å². The van der Waals surface area contributed by atoms with Gasteiger partial charge in [0.1, 0.15) is 0 Å². The summed E-state index contributed by atoms with van der Waals surface area (Å²) in [6, 6.07) is 1.60. The van der Waals surface area contributed by atoms with Crippen molar-refractivity contribution in [2.75, 3.05) is 6.54 Å². The van der Waals surface area contributed by atoms with Crippen molar-refractivity contribution in [2.45, 2.75) is 64.3 Å². The van der Waals surface area contributed by atoms with Gasteiger partial charge in [-0.1, -0.05) is 25.5 Å². The molecule has 4 aliphatic rings. The number of pyridine rings is 1. The van der Waals surface area contributed by atoms with Crippen LogP contribution in [-0.4, -0.2) is 23.0 Å². The summed E-state index contributed by atoms with van der Waals surface area (Å²) in [5, 5.41) is 2.99. The van der Waals surface area contributed by atoms with Crippen LogP contribution in [0.2, 0.25) is 0 Å². The number of aromatic nitrogens is 1. The number of amides is 1. The summed E-state index contributed by atoms with van der Waals surface area (Å²) in [5.74, 6) is 0.709. The van der Waals surface area contributed by atoms with Gasteiger partial charge in [-0.2, -0.15) is 0 Å². The fourth-order valence-electron chi connectivity index (χ4n) is 7.35. The number of rotatable bonds is 2. The van der Waals surface area contributed by atoms with E-state index >= 15 is 0 Å². The number of nitrogens with zero attached hydrogens (tertiary/aromatic N) is 1. The number of carbonyl (C=O) groups excluding carboxylic acids is 1. The Hall–Kier alpha value is -2.08. The Bertz CT molecular complexity index is 989. The summed E-state index contributed by atoms with van der Waals surface area (Å²) >= 11 is 0. The highest BCUT2D eigenvalue weighted by Gasteiger charge is 2.63. The largest absolute Gasteiger partial charge is 0.353 e. The Morgan fingerprint density at radius 3 is 2.77 bits per heavy atom. The normalized spacial score (nSPS) is 39.6. The van der Waals surface area contributed by atoms with E-state index in [-0.39, 0.29) is 27.8 Å². The zero-order valence-electron chi connectivity index (χ0n) is 18.3. The van der Waals surface area contributed by atoms with Gasteiger partial charge in [0.05, 0.1) is 0 Å². The third-order valence-electron chi connectivity index (χ3n) is 9.23. The fourth-order valence-corrected chi connectivity index (χ4v) is 7.35.